The lowest BCUT2D eigenvalue weighted by molar-refractivity contribution is -0.132. The maximum absolute atomic E-state index is 12.4. The minimum Gasteiger partial charge on any atom is -0.311 e. The summed E-state index contributed by atoms with van der Waals surface area (Å²) in [5.41, 5.74) is 4.39. The van der Waals surface area contributed by atoms with Gasteiger partial charge in [0, 0.05) is 6.54 Å². The second kappa shape index (κ2) is 9.17. The van der Waals surface area contributed by atoms with E-state index in [-0.39, 0.29) is 6.03 Å². The molecular formula is C13H24N4O4. The van der Waals surface area contributed by atoms with Gasteiger partial charge in [0.2, 0.25) is 6.41 Å². The maximum atomic E-state index is 12.4. The van der Waals surface area contributed by atoms with E-state index in [0.29, 0.717) is 38.9 Å². The fourth-order valence-electron chi connectivity index (χ4n) is 2.21. The molecule has 120 valence electrons. The zero-order chi connectivity index (χ0) is 15.7. The van der Waals surface area contributed by atoms with E-state index in [0.717, 1.165) is 12.8 Å². The maximum Gasteiger partial charge on any atom is 0.344 e. The number of amides is 4. The Kier molecular flexibility index (Phi) is 7.52. The number of likely N-dealkylation sites (N-methyl/N-ethyl adjacent to an activating group) is 1. The van der Waals surface area contributed by atoms with Crippen LogP contribution in [-0.2, 0) is 14.4 Å². The molecule has 1 heterocycles. The lowest BCUT2D eigenvalue weighted by Crippen LogP contribution is -2.54. The largest absolute Gasteiger partial charge is 0.344 e. The van der Waals surface area contributed by atoms with E-state index < -0.39 is 11.9 Å². The van der Waals surface area contributed by atoms with Crippen molar-refractivity contribution in [2.45, 2.75) is 45.6 Å². The first-order valence-electron chi connectivity index (χ1n) is 7.35. The molecule has 0 aromatic heterocycles. The number of carbonyl (C=O) groups excluding carboxylic acids is 3. The number of hydroxylamine groups is 2. The summed E-state index contributed by atoms with van der Waals surface area (Å²) in [7, 11) is 0. The molecule has 0 unspecified atom stereocenters. The van der Waals surface area contributed by atoms with Crippen molar-refractivity contribution in [3.63, 3.8) is 0 Å². The summed E-state index contributed by atoms with van der Waals surface area (Å²) in [5, 5.41) is 1.33. The summed E-state index contributed by atoms with van der Waals surface area (Å²) in [6.07, 6.45) is 3.44. The van der Waals surface area contributed by atoms with E-state index in [2.05, 4.69) is 10.9 Å². The summed E-state index contributed by atoms with van der Waals surface area (Å²) in [5.74, 6) is -0.396. The van der Waals surface area contributed by atoms with Crippen LogP contribution >= 0.6 is 0 Å². The molecule has 8 nitrogen and oxygen atoms in total. The van der Waals surface area contributed by atoms with E-state index in [1.165, 1.54) is 9.96 Å². The van der Waals surface area contributed by atoms with Gasteiger partial charge in [-0.15, -0.1) is 0 Å². The third kappa shape index (κ3) is 4.89. The Hall–Kier alpha value is -1.83. The van der Waals surface area contributed by atoms with Crippen LogP contribution in [0, 0.1) is 0 Å². The molecule has 0 spiro atoms. The van der Waals surface area contributed by atoms with Gasteiger partial charge in [-0.25, -0.2) is 9.86 Å². The molecule has 0 saturated carbocycles. The van der Waals surface area contributed by atoms with Gasteiger partial charge in [-0.1, -0.05) is 13.3 Å². The molecule has 0 aliphatic carbocycles. The highest BCUT2D eigenvalue weighted by molar-refractivity contribution is 5.87. The standard InChI is InChI=1S/C13H24N4O4/c1-3-5-9-21-17-8-6-7-11(12(19)15-14-10-18)16(4-2)13(17)20/h10-11H,3-9H2,1-2H3,(H,14,18)(H,15,19)/t11-/m0/s1. The number of unbranched alkanes of at least 4 members (excludes halogenated alkanes) is 1. The van der Waals surface area contributed by atoms with Crippen molar-refractivity contribution in [2.24, 2.45) is 0 Å². The minimum absolute atomic E-state index is 0.308. The highest BCUT2D eigenvalue weighted by Crippen LogP contribution is 2.17. The van der Waals surface area contributed by atoms with Crippen molar-refractivity contribution in [1.29, 1.82) is 0 Å². The fourth-order valence-corrected chi connectivity index (χ4v) is 2.21. The Morgan fingerprint density at radius 2 is 2.24 bits per heavy atom. The van der Waals surface area contributed by atoms with Crippen LogP contribution < -0.4 is 10.9 Å². The van der Waals surface area contributed by atoms with Crippen LogP contribution in [0.3, 0.4) is 0 Å². The van der Waals surface area contributed by atoms with Crippen LogP contribution in [0.4, 0.5) is 4.79 Å². The summed E-state index contributed by atoms with van der Waals surface area (Å²) >= 11 is 0. The first-order chi connectivity index (χ1) is 10.2. The van der Waals surface area contributed by atoms with Crippen molar-refractivity contribution in [2.75, 3.05) is 19.7 Å². The van der Waals surface area contributed by atoms with Crippen molar-refractivity contribution >= 4 is 18.3 Å². The van der Waals surface area contributed by atoms with E-state index in [1.807, 2.05) is 6.92 Å². The molecule has 1 saturated heterocycles. The summed E-state index contributed by atoms with van der Waals surface area (Å²) in [6, 6.07) is -0.910. The van der Waals surface area contributed by atoms with E-state index in [4.69, 9.17) is 4.84 Å². The molecule has 0 aromatic rings. The molecule has 21 heavy (non-hydrogen) atoms. The van der Waals surface area contributed by atoms with Gasteiger partial charge < -0.3 is 4.90 Å². The number of carbonyl (C=O) groups is 3. The third-order valence-electron chi connectivity index (χ3n) is 3.32. The molecule has 8 heteroatoms. The smallest absolute Gasteiger partial charge is 0.311 e. The highest BCUT2D eigenvalue weighted by Gasteiger charge is 2.34. The van der Waals surface area contributed by atoms with Crippen molar-refractivity contribution in [1.82, 2.24) is 20.8 Å². The number of rotatable bonds is 8. The first kappa shape index (κ1) is 17.2. The Balaban J connectivity index is 2.70. The van der Waals surface area contributed by atoms with Crippen LogP contribution in [0.15, 0.2) is 0 Å². The van der Waals surface area contributed by atoms with E-state index in [1.54, 1.807) is 6.92 Å². The molecule has 1 fully saturated rings. The lowest BCUT2D eigenvalue weighted by Gasteiger charge is -2.30. The molecule has 4 amide bonds. The number of hydrazine groups is 1. The van der Waals surface area contributed by atoms with Crippen LogP contribution in [0.1, 0.15) is 39.5 Å². The number of urea groups is 1. The van der Waals surface area contributed by atoms with Crippen molar-refractivity contribution in [3.05, 3.63) is 0 Å². The molecule has 0 radical (unpaired) electrons. The number of nitrogens with zero attached hydrogens (tertiary/aromatic N) is 2. The molecule has 1 aliphatic heterocycles. The van der Waals surface area contributed by atoms with Gasteiger partial charge >= 0.3 is 6.03 Å². The van der Waals surface area contributed by atoms with Gasteiger partial charge in [0.15, 0.2) is 0 Å². The molecule has 2 N–H and O–H groups in total. The van der Waals surface area contributed by atoms with Crippen molar-refractivity contribution < 1.29 is 19.2 Å². The van der Waals surface area contributed by atoms with Gasteiger partial charge in [0.05, 0.1) is 13.2 Å². The molecule has 1 atom stereocenters. The molecular weight excluding hydrogens is 276 g/mol. The molecule has 1 rings (SSSR count). The van der Waals surface area contributed by atoms with E-state index in [9.17, 15) is 14.4 Å². The predicted octanol–water partition coefficient (Wildman–Crippen LogP) is 0.402. The van der Waals surface area contributed by atoms with Gasteiger partial charge in [-0.05, 0) is 26.2 Å². The molecule has 0 bridgehead atoms. The summed E-state index contributed by atoms with van der Waals surface area (Å²) in [6.45, 7) is 5.20. The molecule has 1 aliphatic rings. The van der Waals surface area contributed by atoms with Crippen LogP contribution in [-0.4, -0.2) is 54.0 Å². The lowest BCUT2D eigenvalue weighted by atomic mass is 10.1. The second-order valence-corrected chi connectivity index (χ2v) is 4.77. The quantitative estimate of drug-likeness (QED) is 0.386. The first-order valence-corrected chi connectivity index (χ1v) is 7.35. The Morgan fingerprint density at radius 1 is 1.48 bits per heavy atom. The monoisotopic (exact) mass is 300 g/mol. The zero-order valence-corrected chi connectivity index (χ0v) is 12.6. The van der Waals surface area contributed by atoms with Gasteiger partial charge in [0.1, 0.15) is 6.04 Å². The minimum atomic E-state index is -0.602. The van der Waals surface area contributed by atoms with Crippen LogP contribution in [0.2, 0.25) is 0 Å². The Labute approximate surface area is 124 Å². The summed E-state index contributed by atoms with van der Waals surface area (Å²) in [4.78, 5) is 41.6. The van der Waals surface area contributed by atoms with Crippen LogP contribution in [0.25, 0.3) is 0 Å². The normalized spacial score (nSPS) is 19.1. The topological polar surface area (TPSA) is 91.0 Å². The predicted molar refractivity (Wildman–Crippen MR) is 75.7 cm³/mol. The number of hydrogen-bond donors (Lipinski definition) is 2. The zero-order valence-electron chi connectivity index (χ0n) is 12.6. The third-order valence-corrected chi connectivity index (χ3v) is 3.32. The van der Waals surface area contributed by atoms with Gasteiger partial charge in [-0.2, -0.15) is 0 Å². The Bertz CT molecular complexity index is 364. The number of nitrogens with one attached hydrogen (secondary N) is 2. The summed E-state index contributed by atoms with van der Waals surface area (Å²) < 4.78 is 0. The van der Waals surface area contributed by atoms with Gasteiger partial charge in [-0.3, -0.25) is 25.3 Å². The second-order valence-electron chi connectivity index (χ2n) is 4.77. The van der Waals surface area contributed by atoms with Gasteiger partial charge in [0.25, 0.3) is 5.91 Å². The fraction of sp³-hybridized carbons (Fsp3) is 0.769. The Morgan fingerprint density at radius 3 is 2.86 bits per heavy atom. The van der Waals surface area contributed by atoms with Crippen molar-refractivity contribution in [3.8, 4) is 0 Å². The average molecular weight is 300 g/mol. The molecule has 0 aromatic carbocycles. The van der Waals surface area contributed by atoms with E-state index >= 15 is 0 Å². The SMILES string of the molecule is CCCCON1CCC[C@@H](C(=O)NNC=O)N(CC)C1=O. The van der Waals surface area contributed by atoms with Crippen LogP contribution in [0.5, 0.6) is 0 Å². The highest BCUT2D eigenvalue weighted by atomic mass is 16.7. The number of hydrogen-bond acceptors (Lipinski definition) is 4. The average Bonchev–Trinajstić information content (AvgIpc) is 2.64.